The molecule has 4 heteroatoms. The summed E-state index contributed by atoms with van der Waals surface area (Å²) in [5.74, 6) is 1.08. The lowest BCUT2D eigenvalue weighted by molar-refractivity contribution is 0.268. The summed E-state index contributed by atoms with van der Waals surface area (Å²) in [6.07, 6.45) is 4.44. The van der Waals surface area contributed by atoms with E-state index in [1.54, 1.807) is 0 Å². The molecule has 2 atom stereocenters. The van der Waals surface area contributed by atoms with Crippen molar-refractivity contribution in [3.63, 3.8) is 0 Å². The number of aryl methyl sites for hydroxylation is 1. The first-order valence-corrected chi connectivity index (χ1v) is 8.39. The highest BCUT2D eigenvalue weighted by Gasteiger charge is 2.29. The van der Waals surface area contributed by atoms with Crippen LogP contribution in [-0.2, 0) is 11.4 Å². The van der Waals surface area contributed by atoms with E-state index in [2.05, 4.69) is 17.7 Å². The van der Waals surface area contributed by atoms with Crippen LogP contribution < -0.4 is 4.72 Å². The fourth-order valence-electron chi connectivity index (χ4n) is 2.69. The molecule has 0 saturated heterocycles. The van der Waals surface area contributed by atoms with Gasteiger partial charge in [-0.2, -0.15) is 5.26 Å². The van der Waals surface area contributed by atoms with Gasteiger partial charge in [-0.1, -0.05) is 37.5 Å². The molecule has 20 heavy (non-hydrogen) atoms. The van der Waals surface area contributed by atoms with E-state index in [-0.39, 0.29) is 6.04 Å². The summed E-state index contributed by atoms with van der Waals surface area (Å²) >= 11 is -1.30. The minimum absolute atomic E-state index is 0.315. The molecule has 2 rings (SSSR count). The summed E-state index contributed by atoms with van der Waals surface area (Å²) < 4.78 is 15.3. The lowest BCUT2D eigenvalue weighted by Gasteiger charge is -2.29. The molecule has 1 unspecified atom stereocenters. The van der Waals surface area contributed by atoms with Crippen molar-refractivity contribution < 1.29 is 4.55 Å². The smallest absolute Gasteiger partial charge is 0.173 e. The van der Waals surface area contributed by atoms with E-state index >= 15 is 0 Å². The molecule has 1 aliphatic rings. The van der Waals surface area contributed by atoms with Gasteiger partial charge in [-0.25, -0.2) is 0 Å². The maximum Gasteiger partial charge on any atom is 0.173 e. The van der Waals surface area contributed by atoms with Crippen molar-refractivity contribution in [2.75, 3.05) is 0 Å². The molecular formula is C16H22N2OS. The molecule has 3 nitrogen and oxygen atoms in total. The quantitative estimate of drug-likeness (QED) is 0.865. The monoisotopic (exact) mass is 290 g/mol. The summed E-state index contributed by atoms with van der Waals surface area (Å²) in [7, 11) is 0. The first kappa shape index (κ1) is 15.4. The van der Waals surface area contributed by atoms with Crippen LogP contribution >= 0.6 is 0 Å². The fourth-order valence-corrected chi connectivity index (χ4v) is 3.69. The summed E-state index contributed by atoms with van der Waals surface area (Å²) in [5.41, 5.74) is 1.14. The maximum absolute atomic E-state index is 12.3. The van der Waals surface area contributed by atoms with Crippen LogP contribution in [0.5, 0.6) is 0 Å². The lowest BCUT2D eigenvalue weighted by atomic mass is 9.80. The van der Waals surface area contributed by atoms with Gasteiger partial charge in [-0.3, -0.25) is 0 Å². The highest BCUT2D eigenvalue weighted by atomic mass is 32.2. The zero-order valence-electron chi connectivity index (χ0n) is 12.1. The van der Waals surface area contributed by atoms with Gasteiger partial charge >= 0.3 is 0 Å². The number of nitriles is 1. The fraction of sp³-hybridized carbons (Fsp3) is 0.562. The Kier molecular flexibility index (Phi) is 5.47. The molecule has 0 aliphatic heterocycles. The summed E-state index contributed by atoms with van der Waals surface area (Å²) in [5, 5.41) is 9.34. The standard InChI is InChI=1S/C16H22N2OS/c1-12-3-7-14(8-4-12)16(11-17)18-20(19)15-9-5-13(2)6-10-15/h5-6,9-10,12,14,16,18H,3-4,7-8H2,1-2H3/t12?,14?,16-,20?/m1/s1. The van der Waals surface area contributed by atoms with Crippen molar-refractivity contribution >= 4 is 11.4 Å². The number of benzene rings is 1. The Morgan fingerprint density at radius 2 is 1.85 bits per heavy atom. The molecule has 0 aromatic heterocycles. The molecule has 108 valence electrons. The third-order valence-corrected chi connectivity index (χ3v) is 5.31. The van der Waals surface area contributed by atoms with Crippen molar-refractivity contribution in [1.29, 1.82) is 5.26 Å². The van der Waals surface area contributed by atoms with E-state index in [0.29, 0.717) is 5.92 Å². The molecule has 1 N–H and O–H groups in total. The van der Waals surface area contributed by atoms with Crippen molar-refractivity contribution in [3.05, 3.63) is 29.8 Å². The van der Waals surface area contributed by atoms with Gasteiger partial charge in [0.2, 0.25) is 0 Å². The van der Waals surface area contributed by atoms with Crippen LogP contribution in [0.2, 0.25) is 0 Å². The molecule has 0 radical (unpaired) electrons. The summed E-state index contributed by atoms with van der Waals surface area (Å²) in [4.78, 5) is 0.736. The van der Waals surface area contributed by atoms with Crippen LogP contribution in [0.3, 0.4) is 0 Å². The Morgan fingerprint density at radius 1 is 1.25 bits per heavy atom. The molecular weight excluding hydrogens is 268 g/mol. The van der Waals surface area contributed by atoms with Crippen LogP contribution in [0.15, 0.2) is 29.2 Å². The average molecular weight is 290 g/mol. The van der Waals surface area contributed by atoms with Crippen molar-refractivity contribution in [3.8, 4) is 6.07 Å². The van der Waals surface area contributed by atoms with Crippen LogP contribution in [0, 0.1) is 30.1 Å². The first-order chi connectivity index (χ1) is 9.60. The predicted octanol–water partition coefficient (Wildman–Crippen LogP) is 3.33. The van der Waals surface area contributed by atoms with Gasteiger partial charge in [0.1, 0.15) is 6.04 Å². The second-order valence-electron chi connectivity index (χ2n) is 5.83. The van der Waals surface area contributed by atoms with Gasteiger partial charge in [0.05, 0.1) is 17.4 Å². The predicted molar refractivity (Wildman–Crippen MR) is 81.2 cm³/mol. The lowest BCUT2D eigenvalue weighted by Crippen LogP contribution is -2.40. The van der Waals surface area contributed by atoms with E-state index < -0.39 is 11.4 Å². The zero-order valence-corrected chi connectivity index (χ0v) is 13.0. The van der Waals surface area contributed by atoms with E-state index in [9.17, 15) is 9.81 Å². The number of hydrogen-bond acceptors (Lipinski definition) is 3. The van der Waals surface area contributed by atoms with Gasteiger partial charge in [-0.15, -0.1) is 4.72 Å². The van der Waals surface area contributed by atoms with Gasteiger partial charge in [0, 0.05) is 0 Å². The Balaban J connectivity index is 1.96. The molecule has 1 fully saturated rings. The molecule has 1 saturated carbocycles. The van der Waals surface area contributed by atoms with Crippen LogP contribution in [0.25, 0.3) is 0 Å². The second kappa shape index (κ2) is 7.12. The molecule has 0 spiro atoms. The number of nitrogens with zero attached hydrogens (tertiary/aromatic N) is 1. The molecule has 1 aromatic rings. The normalized spacial score (nSPS) is 25.7. The van der Waals surface area contributed by atoms with Crippen LogP contribution in [-0.4, -0.2) is 10.6 Å². The largest absolute Gasteiger partial charge is 0.593 e. The Bertz CT molecular complexity index is 460. The molecule has 1 aliphatic carbocycles. The number of nitrogens with one attached hydrogen (secondary N) is 1. The number of rotatable bonds is 4. The second-order valence-corrected chi connectivity index (χ2v) is 7.07. The Labute approximate surface area is 124 Å². The molecule has 1 aromatic carbocycles. The first-order valence-electron chi connectivity index (χ1n) is 7.24. The average Bonchev–Trinajstić information content (AvgIpc) is 2.46. The van der Waals surface area contributed by atoms with Gasteiger partial charge in [-0.05, 0) is 43.7 Å². The van der Waals surface area contributed by atoms with E-state index in [0.717, 1.165) is 29.2 Å². The van der Waals surface area contributed by atoms with Gasteiger partial charge < -0.3 is 4.55 Å². The molecule has 0 heterocycles. The number of hydrogen-bond donors (Lipinski definition) is 1. The zero-order chi connectivity index (χ0) is 14.5. The van der Waals surface area contributed by atoms with E-state index in [1.807, 2.05) is 31.2 Å². The van der Waals surface area contributed by atoms with E-state index in [4.69, 9.17) is 0 Å². The van der Waals surface area contributed by atoms with Gasteiger partial charge in [0.15, 0.2) is 4.90 Å². The van der Waals surface area contributed by atoms with Gasteiger partial charge in [0.25, 0.3) is 0 Å². The third-order valence-electron chi connectivity index (χ3n) is 4.14. The molecule has 0 bridgehead atoms. The minimum Gasteiger partial charge on any atom is -0.593 e. The SMILES string of the molecule is Cc1ccc([S+]([O-])N[C@H](C#N)C2CCC(C)CC2)cc1. The summed E-state index contributed by atoms with van der Waals surface area (Å²) in [6.45, 7) is 4.26. The van der Waals surface area contributed by atoms with E-state index in [1.165, 1.54) is 12.8 Å². The topological polar surface area (TPSA) is 58.9 Å². The highest BCUT2D eigenvalue weighted by molar-refractivity contribution is 7.89. The Morgan fingerprint density at radius 3 is 2.40 bits per heavy atom. The Hall–Kier alpha value is -1.02. The van der Waals surface area contributed by atoms with Crippen molar-refractivity contribution in [2.24, 2.45) is 11.8 Å². The highest BCUT2D eigenvalue weighted by Crippen LogP contribution is 2.30. The third kappa shape index (κ3) is 3.99. The molecule has 0 amide bonds. The minimum atomic E-state index is -1.30. The van der Waals surface area contributed by atoms with Crippen molar-refractivity contribution in [2.45, 2.75) is 50.5 Å². The van der Waals surface area contributed by atoms with Crippen molar-refractivity contribution in [1.82, 2.24) is 4.72 Å². The van der Waals surface area contributed by atoms with Crippen LogP contribution in [0.4, 0.5) is 0 Å². The maximum atomic E-state index is 12.3. The summed E-state index contributed by atoms with van der Waals surface area (Å²) in [6, 6.07) is 9.58. The van der Waals surface area contributed by atoms with Crippen LogP contribution in [0.1, 0.15) is 38.2 Å².